The molecule has 0 aliphatic rings. The summed E-state index contributed by atoms with van der Waals surface area (Å²) < 4.78 is 2.27. The average molecular weight is 382 g/mol. The van der Waals surface area contributed by atoms with Crippen molar-refractivity contribution in [1.29, 1.82) is 0 Å². The predicted molar refractivity (Wildman–Crippen MR) is 122 cm³/mol. The Morgan fingerprint density at radius 3 is 2.24 bits per heavy atom. The highest BCUT2D eigenvalue weighted by molar-refractivity contribution is 6.02. The number of aryl methyl sites for hydroxylation is 3. The van der Waals surface area contributed by atoms with Crippen LogP contribution in [-0.4, -0.2) is 4.98 Å². The summed E-state index contributed by atoms with van der Waals surface area (Å²) in [6, 6.07) is 17.6. The van der Waals surface area contributed by atoms with Crippen molar-refractivity contribution >= 4 is 10.8 Å². The molecule has 2 heteroatoms. The largest absolute Gasteiger partial charge is 0.260 e. The van der Waals surface area contributed by atoms with E-state index in [-0.39, 0.29) is 0 Å². The third kappa shape index (κ3) is 3.44. The van der Waals surface area contributed by atoms with E-state index in [1.54, 1.807) is 0 Å². The predicted octanol–water partition coefficient (Wildman–Crippen LogP) is 6.44. The van der Waals surface area contributed by atoms with Crippen LogP contribution in [0, 0.1) is 20.8 Å². The number of pyridine rings is 2. The second-order valence-corrected chi connectivity index (χ2v) is 8.43. The quantitative estimate of drug-likeness (QED) is 0.373. The maximum absolute atomic E-state index is 4.70. The molecule has 0 aliphatic carbocycles. The van der Waals surface area contributed by atoms with E-state index < -0.39 is 0 Å². The van der Waals surface area contributed by atoms with Gasteiger partial charge in [-0.15, -0.1) is 0 Å². The van der Waals surface area contributed by atoms with Crippen LogP contribution in [0.5, 0.6) is 0 Å². The average Bonchev–Trinajstić information content (AvgIpc) is 2.70. The number of rotatable bonds is 3. The smallest absolute Gasteiger partial charge is 0.220 e. The number of hydrogen-bond donors (Lipinski definition) is 0. The van der Waals surface area contributed by atoms with Gasteiger partial charge in [0.15, 0.2) is 6.20 Å². The highest BCUT2D eigenvalue weighted by Gasteiger charge is 2.21. The number of benzene rings is 2. The van der Waals surface area contributed by atoms with Crippen LogP contribution in [0.2, 0.25) is 0 Å². The summed E-state index contributed by atoms with van der Waals surface area (Å²) in [5.74, 6) is 0.437. The molecule has 2 nitrogen and oxygen atoms in total. The maximum Gasteiger partial charge on any atom is 0.220 e. The van der Waals surface area contributed by atoms with Crippen LogP contribution in [0.4, 0.5) is 0 Å². The molecule has 0 unspecified atom stereocenters. The van der Waals surface area contributed by atoms with Crippen LogP contribution in [0.1, 0.15) is 42.1 Å². The minimum atomic E-state index is 0.437. The van der Waals surface area contributed by atoms with Crippen LogP contribution < -0.4 is 4.57 Å². The molecule has 146 valence electrons. The first-order valence-corrected chi connectivity index (χ1v) is 10.3. The van der Waals surface area contributed by atoms with Crippen molar-refractivity contribution in [2.75, 3.05) is 0 Å². The SMILES string of the molecule is Cc1cc(C)c(C)c(-c2c3ccccc3c(-c3ccc(C(C)C)nc3)c[n+]2C)c1. The zero-order chi connectivity index (χ0) is 20.7. The molecule has 0 saturated carbocycles. The van der Waals surface area contributed by atoms with Crippen molar-refractivity contribution < 1.29 is 4.57 Å². The molecule has 0 amide bonds. The summed E-state index contributed by atoms with van der Waals surface area (Å²) in [5, 5.41) is 2.53. The summed E-state index contributed by atoms with van der Waals surface area (Å²) >= 11 is 0. The van der Waals surface area contributed by atoms with Gasteiger partial charge in [-0.25, -0.2) is 0 Å². The topological polar surface area (TPSA) is 16.8 Å². The van der Waals surface area contributed by atoms with Crippen molar-refractivity contribution in [2.24, 2.45) is 7.05 Å². The van der Waals surface area contributed by atoms with E-state index in [2.05, 4.69) is 101 Å². The Morgan fingerprint density at radius 2 is 1.59 bits per heavy atom. The van der Waals surface area contributed by atoms with Gasteiger partial charge in [0.25, 0.3) is 0 Å². The lowest BCUT2D eigenvalue weighted by Crippen LogP contribution is -2.31. The van der Waals surface area contributed by atoms with Crippen LogP contribution in [-0.2, 0) is 7.05 Å². The Bertz CT molecular complexity index is 1200. The molecular formula is C27H29N2+. The fourth-order valence-corrected chi connectivity index (χ4v) is 4.20. The molecule has 0 N–H and O–H groups in total. The number of aromatic nitrogens is 2. The molecule has 0 fully saturated rings. The number of fused-ring (bicyclic) bond motifs is 1. The molecule has 0 aliphatic heterocycles. The Kier molecular flexibility index (Phi) is 4.96. The van der Waals surface area contributed by atoms with E-state index in [1.807, 2.05) is 6.20 Å². The fraction of sp³-hybridized carbons (Fsp3) is 0.259. The van der Waals surface area contributed by atoms with E-state index in [1.165, 1.54) is 44.3 Å². The molecule has 29 heavy (non-hydrogen) atoms. The molecule has 2 aromatic heterocycles. The molecule has 0 saturated heterocycles. The van der Waals surface area contributed by atoms with Crippen molar-refractivity contribution in [3.05, 3.63) is 83.3 Å². The molecule has 0 spiro atoms. The number of nitrogens with zero attached hydrogens (tertiary/aromatic N) is 2. The van der Waals surface area contributed by atoms with Crippen molar-refractivity contribution in [3.8, 4) is 22.4 Å². The molecule has 0 radical (unpaired) electrons. The Balaban J connectivity index is 2.00. The molecule has 0 bridgehead atoms. The summed E-state index contributed by atoms with van der Waals surface area (Å²) in [6.07, 6.45) is 4.26. The van der Waals surface area contributed by atoms with Gasteiger partial charge in [0, 0.05) is 22.8 Å². The van der Waals surface area contributed by atoms with Gasteiger partial charge >= 0.3 is 0 Å². The Hall–Kier alpha value is -3.00. The van der Waals surface area contributed by atoms with Crippen LogP contribution in [0.3, 0.4) is 0 Å². The van der Waals surface area contributed by atoms with Crippen LogP contribution in [0.25, 0.3) is 33.2 Å². The monoisotopic (exact) mass is 381 g/mol. The highest BCUT2D eigenvalue weighted by atomic mass is 14.9. The van der Waals surface area contributed by atoms with Crippen molar-refractivity contribution in [2.45, 2.75) is 40.5 Å². The second kappa shape index (κ2) is 7.44. The van der Waals surface area contributed by atoms with E-state index in [4.69, 9.17) is 4.98 Å². The lowest BCUT2D eigenvalue weighted by molar-refractivity contribution is -0.658. The first kappa shape index (κ1) is 19.3. The Morgan fingerprint density at radius 1 is 0.862 bits per heavy atom. The van der Waals surface area contributed by atoms with E-state index in [0.717, 1.165) is 11.3 Å². The van der Waals surface area contributed by atoms with Gasteiger partial charge in [-0.3, -0.25) is 4.98 Å². The van der Waals surface area contributed by atoms with Gasteiger partial charge in [-0.05, 0) is 56.0 Å². The summed E-state index contributed by atoms with van der Waals surface area (Å²) in [5.41, 5.74) is 10.0. The Labute approximate surface area is 173 Å². The highest BCUT2D eigenvalue weighted by Crippen LogP contribution is 2.35. The van der Waals surface area contributed by atoms with Crippen molar-refractivity contribution in [1.82, 2.24) is 4.98 Å². The minimum Gasteiger partial charge on any atom is -0.260 e. The lowest BCUT2D eigenvalue weighted by Gasteiger charge is -2.14. The molecule has 4 aromatic rings. The standard InChI is InChI=1S/C27H29N2/c1-17(2)26-12-11-21(15-28-26)25-16-29(6)27(23-10-8-7-9-22(23)25)24-14-18(3)13-19(4)20(24)5/h7-17H,1-6H3/q+1. The minimum absolute atomic E-state index is 0.437. The number of hydrogen-bond acceptors (Lipinski definition) is 1. The molecule has 2 aromatic carbocycles. The normalized spacial score (nSPS) is 11.4. The van der Waals surface area contributed by atoms with Crippen LogP contribution >= 0.6 is 0 Å². The third-order valence-corrected chi connectivity index (χ3v) is 5.90. The molecule has 0 atom stereocenters. The van der Waals surface area contributed by atoms with E-state index in [0.29, 0.717) is 5.92 Å². The van der Waals surface area contributed by atoms with E-state index in [9.17, 15) is 0 Å². The van der Waals surface area contributed by atoms with Gasteiger partial charge in [0.05, 0.1) is 16.5 Å². The first-order chi connectivity index (χ1) is 13.9. The van der Waals surface area contributed by atoms with Gasteiger partial charge < -0.3 is 0 Å². The lowest BCUT2D eigenvalue weighted by atomic mass is 9.92. The second-order valence-electron chi connectivity index (χ2n) is 8.43. The molecule has 2 heterocycles. The maximum atomic E-state index is 4.70. The third-order valence-electron chi connectivity index (χ3n) is 5.90. The summed E-state index contributed by atoms with van der Waals surface area (Å²) in [4.78, 5) is 4.70. The first-order valence-electron chi connectivity index (χ1n) is 10.3. The van der Waals surface area contributed by atoms with E-state index >= 15 is 0 Å². The van der Waals surface area contributed by atoms with Gasteiger partial charge in [-0.1, -0.05) is 49.7 Å². The fourth-order valence-electron chi connectivity index (χ4n) is 4.20. The molecular weight excluding hydrogens is 352 g/mol. The van der Waals surface area contributed by atoms with Gasteiger partial charge in [0.2, 0.25) is 5.69 Å². The summed E-state index contributed by atoms with van der Waals surface area (Å²) in [6.45, 7) is 11.0. The summed E-state index contributed by atoms with van der Waals surface area (Å²) in [7, 11) is 2.15. The van der Waals surface area contributed by atoms with Crippen molar-refractivity contribution in [3.63, 3.8) is 0 Å². The van der Waals surface area contributed by atoms with Gasteiger partial charge in [0.1, 0.15) is 7.05 Å². The van der Waals surface area contributed by atoms with Crippen LogP contribution in [0.15, 0.2) is 60.9 Å². The molecule has 4 rings (SSSR count). The zero-order valence-electron chi connectivity index (χ0n) is 18.2. The zero-order valence-corrected chi connectivity index (χ0v) is 18.2. The van der Waals surface area contributed by atoms with Gasteiger partial charge in [-0.2, -0.15) is 4.57 Å².